The summed E-state index contributed by atoms with van der Waals surface area (Å²) in [5.74, 6) is -0.295. The Morgan fingerprint density at radius 3 is 2.47 bits per heavy atom. The third kappa shape index (κ3) is 4.47. The van der Waals surface area contributed by atoms with Crippen molar-refractivity contribution in [1.29, 1.82) is 0 Å². The Labute approximate surface area is 191 Å². The molecule has 0 amide bonds. The molecule has 0 saturated carbocycles. The largest absolute Gasteiger partial charge is 0.308 e. The van der Waals surface area contributed by atoms with E-state index in [1.54, 1.807) is 24.3 Å². The number of rotatable bonds is 4. The van der Waals surface area contributed by atoms with Gasteiger partial charge in [-0.05, 0) is 48.7 Å². The predicted octanol–water partition coefficient (Wildman–Crippen LogP) is 6.00. The summed E-state index contributed by atoms with van der Waals surface area (Å²) in [6, 6.07) is 11.7. The van der Waals surface area contributed by atoms with Crippen molar-refractivity contribution in [3.8, 4) is 0 Å². The van der Waals surface area contributed by atoms with Gasteiger partial charge in [0.05, 0.1) is 16.8 Å². The molecule has 2 aromatic carbocycles. The molecule has 1 N–H and O–H groups in total. The fourth-order valence-electron chi connectivity index (χ4n) is 4.05. The minimum Gasteiger partial charge on any atom is -0.308 e. The zero-order chi connectivity index (χ0) is 21.3. The van der Waals surface area contributed by atoms with Gasteiger partial charge >= 0.3 is 0 Å². The van der Waals surface area contributed by atoms with Crippen LogP contribution in [0.3, 0.4) is 0 Å². The van der Waals surface area contributed by atoms with Crippen LogP contribution in [0.4, 0.5) is 10.1 Å². The lowest BCUT2D eigenvalue weighted by Crippen LogP contribution is -2.47. The summed E-state index contributed by atoms with van der Waals surface area (Å²) in [5.41, 5.74) is 5.82. The Hall–Kier alpha value is -1.73. The first-order valence-corrected chi connectivity index (χ1v) is 11.2. The van der Waals surface area contributed by atoms with Gasteiger partial charge in [-0.2, -0.15) is 5.10 Å². The highest BCUT2D eigenvalue weighted by atomic mass is 35.5. The number of piperidine rings is 1. The maximum absolute atomic E-state index is 13.6. The first-order chi connectivity index (χ1) is 14.4. The highest BCUT2D eigenvalue weighted by molar-refractivity contribution is 7.82. The number of hydrogen-bond donors (Lipinski definition) is 1. The molecule has 0 spiro atoms. The standard InChI is InChI=1S/C22H23Cl2FN4S/c1-14-20(22(30)27-28-11-3-2-4-12-28)26-29(19-10-7-16(23)13-18(19)24)21(14)15-5-8-17(25)9-6-15/h5-10,13-14,21H,2-4,11-12H2,1H3,(H,27,30)/t14-,21+/m1/s1. The molecule has 2 atom stereocenters. The van der Waals surface area contributed by atoms with Crippen LogP contribution in [0, 0.1) is 11.7 Å². The van der Waals surface area contributed by atoms with E-state index in [2.05, 4.69) is 17.4 Å². The zero-order valence-corrected chi connectivity index (χ0v) is 18.9. The summed E-state index contributed by atoms with van der Waals surface area (Å²) in [5, 5.41) is 9.96. The van der Waals surface area contributed by atoms with Gasteiger partial charge in [0, 0.05) is 24.0 Å². The Bertz CT molecular complexity index is 960. The van der Waals surface area contributed by atoms with Crippen LogP contribution in [0.1, 0.15) is 37.8 Å². The first kappa shape index (κ1) is 21.5. The Morgan fingerprint density at radius 2 is 1.80 bits per heavy atom. The topological polar surface area (TPSA) is 30.9 Å². The van der Waals surface area contributed by atoms with Gasteiger partial charge in [0.1, 0.15) is 16.5 Å². The van der Waals surface area contributed by atoms with Crippen LogP contribution in [0.25, 0.3) is 0 Å². The monoisotopic (exact) mass is 464 g/mol. The average Bonchev–Trinajstić information content (AvgIpc) is 3.06. The molecule has 2 aliphatic heterocycles. The molecule has 4 nitrogen and oxygen atoms in total. The Morgan fingerprint density at radius 1 is 1.10 bits per heavy atom. The van der Waals surface area contributed by atoms with E-state index in [0.717, 1.165) is 42.9 Å². The van der Waals surface area contributed by atoms with Crippen LogP contribution in [-0.2, 0) is 0 Å². The van der Waals surface area contributed by atoms with Gasteiger partial charge in [-0.3, -0.25) is 5.01 Å². The molecular weight excluding hydrogens is 442 g/mol. The van der Waals surface area contributed by atoms with Crippen molar-refractivity contribution in [3.05, 3.63) is 63.9 Å². The molecule has 2 heterocycles. The SMILES string of the molecule is C[C@@H]1C(C(=S)NN2CCCCC2)=NN(c2ccc(Cl)cc2Cl)[C@@H]1c1ccc(F)cc1. The van der Waals surface area contributed by atoms with E-state index in [9.17, 15) is 4.39 Å². The van der Waals surface area contributed by atoms with Gasteiger partial charge in [0.25, 0.3) is 0 Å². The molecule has 0 unspecified atom stereocenters. The van der Waals surface area contributed by atoms with Gasteiger partial charge in [-0.25, -0.2) is 9.40 Å². The number of hydrogen-bond acceptors (Lipinski definition) is 4. The molecule has 0 aromatic heterocycles. The van der Waals surface area contributed by atoms with Gasteiger partial charge in [0.2, 0.25) is 0 Å². The van der Waals surface area contributed by atoms with E-state index < -0.39 is 0 Å². The smallest absolute Gasteiger partial charge is 0.137 e. The molecule has 8 heteroatoms. The number of halogens is 3. The van der Waals surface area contributed by atoms with Gasteiger partial charge in [-0.1, -0.05) is 60.9 Å². The number of thiocarbonyl (C=S) groups is 1. The molecule has 4 rings (SSSR count). The van der Waals surface area contributed by atoms with Crippen LogP contribution < -0.4 is 10.4 Å². The van der Waals surface area contributed by atoms with Crippen molar-refractivity contribution in [2.75, 3.05) is 18.1 Å². The third-order valence-corrected chi connectivity index (χ3v) is 6.44. The minimum absolute atomic E-state index is 0.0213. The minimum atomic E-state index is -0.274. The summed E-state index contributed by atoms with van der Waals surface area (Å²) in [7, 11) is 0. The van der Waals surface area contributed by atoms with Crippen LogP contribution >= 0.6 is 35.4 Å². The summed E-state index contributed by atoms with van der Waals surface area (Å²) in [6.45, 7) is 4.02. The molecule has 1 fully saturated rings. The highest BCUT2D eigenvalue weighted by Gasteiger charge is 2.39. The van der Waals surface area contributed by atoms with Crippen LogP contribution in [0.5, 0.6) is 0 Å². The van der Waals surface area contributed by atoms with Crippen LogP contribution in [-0.4, -0.2) is 28.8 Å². The fraction of sp³-hybridized carbons (Fsp3) is 0.364. The third-order valence-electron chi connectivity index (χ3n) is 5.60. The van der Waals surface area contributed by atoms with Crippen molar-refractivity contribution in [3.63, 3.8) is 0 Å². The predicted molar refractivity (Wildman–Crippen MR) is 126 cm³/mol. The summed E-state index contributed by atoms with van der Waals surface area (Å²) < 4.78 is 13.6. The normalized spacial score (nSPS) is 22.1. The number of nitrogens with one attached hydrogen (secondary N) is 1. The van der Waals surface area contributed by atoms with E-state index in [4.69, 9.17) is 40.5 Å². The van der Waals surface area contributed by atoms with E-state index in [1.807, 2.05) is 11.1 Å². The molecule has 0 aliphatic carbocycles. The molecule has 2 aliphatic rings. The molecule has 0 radical (unpaired) electrons. The Kier molecular flexibility index (Phi) is 6.58. The quantitative estimate of drug-likeness (QED) is 0.561. The lowest BCUT2D eigenvalue weighted by atomic mass is 9.91. The number of hydrazine groups is 1. The maximum atomic E-state index is 13.6. The molecule has 2 aromatic rings. The second-order valence-electron chi connectivity index (χ2n) is 7.70. The van der Waals surface area contributed by atoms with Crippen molar-refractivity contribution in [2.45, 2.75) is 32.2 Å². The maximum Gasteiger partial charge on any atom is 0.137 e. The van der Waals surface area contributed by atoms with E-state index in [0.29, 0.717) is 15.0 Å². The second-order valence-corrected chi connectivity index (χ2v) is 8.95. The van der Waals surface area contributed by atoms with Crippen LogP contribution in [0.15, 0.2) is 47.6 Å². The average molecular weight is 465 g/mol. The number of nitrogens with zero attached hydrogens (tertiary/aromatic N) is 3. The van der Waals surface area contributed by atoms with Gasteiger partial charge in [0.15, 0.2) is 0 Å². The molecule has 158 valence electrons. The zero-order valence-electron chi connectivity index (χ0n) is 16.6. The van der Waals surface area contributed by atoms with Gasteiger partial charge < -0.3 is 5.43 Å². The van der Waals surface area contributed by atoms with E-state index in [-0.39, 0.29) is 17.8 Å². The number of anilines is 1. The summed E-state index contributed by atoms with van der Waals surface area (Å²) in [4.78, 5) is 0.615. The summed E-state index contributed by atoms with van der Waals surface area (Å²) >= 11 is 18.3. The molecule has 0 bridgehead atoms. The molecule has 30 heavy (non-hydrogen) atoms. The van der Waals surface area contributed by atoms with Crippen LogP contribution in [0.2, 0.25) is 10.0 Å². The van der Waals surface area contributed by atoms with E-state index in [1.165, 1.54) is 18.6 Å². The van der Waals surface area contributed by atoms with Gasteiger partial charge in [-0.15, -0.1) is 0 Å². The first-order valence-electron chi connectivity index (χ1n) is 10.1. The fourth-order valence-corrected chi connectivity index (χ4v) is 4.90. The molecular formula is C22H23Cl2FN4S. The number of hydrazone groups is 1. The van der Waals surface area contributed by atoms with Crippen molar-refractivity contribution < 1.29 is 4.39 Å². The van der Waals surface area contributed by atoms with E-state index >= 15 is 0 Å². The number of benzene rings is 2. The van der Waals surface area contributed by atoms with Crippen molar-refractivity contribution in [1.82, 2.24) is 10.4 Å². The molecule has 1 saturated heterocycles. The highest BCUT2D eigenvalue weighted by Crippen LogP contribution is 2.42. The summed E-state index contributed by atoms with van der Waals surface area (Å²) in [6.07, 6.45) is 3.56. The lowest BCUT2D eigenvalue weighted by molar-refractivity contribution is 0.197. The van der Waals surface area contributed by atoms with Crippen molar-refractivity contribution >= 4 is 51.8 Å². The van der Waals surface area contributed by atoms with Crippen molar-refractivity contribution in [2.24, 2.45) is 11.0 Å². The Balaban J connectivity index is 1.68. The second kappa shape index (κ2) is 9.18. The lowest BCUT2D eigenvalue weighted by Gasteiger charge is -2.29.